The van der Waals surface area contributed by atoms with Gasteiger partial charge >= 0.3 is 0 Å². The molecule has 0 unspecified atom stereocenters. The van der Waals surface area contributed by atoms with Crippen molar-refractivity contribution in [2.75, 3.05) is 32.2 Å². The highest BCUT2D eigenvalue weighted by molar-refractivity contribution is 6.07. The van der Waals surface area contributed by atoms with Crippen LogP contribution in [0.15, 0.2) is 18.2 Å². The maximum Gasteiger partial charge on any atom is 0.236 e. The molecule has 0 aromatic heterocycles. The van der Waals surface area contributed by atoms with Gasteiger partial charge in [-0.1, -0.05) is 12.1 Å². The van der Waals surface area contributed by atoms with E-state index >= 15 is 0 Å². The average Bonchev–Trinajstić information content (AvgIpc) is 2.65. The van der Waals surface area contributed by atoms with Gasteiger partial charge in [0.05, 0.1) is 11.8 Å². The Morgan fingerprint density at radius 2 is 2.09 bits per heavy atom. The molecule has 0 atom stereocenters. The molecular weight excluding hydrogens is 280 g/mol. The summed E-state index contributed by atoms with van der Waals surface area (Å²) in [7, 11) is 3.44. The van der Waals surface area contributed by atoms with E-state index in [-0.39, 0.29) is 11.8 Å². The van der Waals surface area contributed by atoms with Gasteiger partial charge in [0.15, 0.2) is 0 Å². The third-order valence-electron chi connectivity index (χ3n) is 4.15. The van der Waals surface area contributed by atoms with Crippen LogP contribution >= 0.6 is 0 Å². The molecule has 5 heteroatoms. The zero-order chi connectivity index (χ0) is 16.3. The maximum absolute atomic E-state index is 12.3. The van der Waals surface area contributed by atoms with E-state index in [0.717, 1.165) is 23.2 Å². The molecule has 2 amide bonds. The lowest BCUT2D eigenvalue weighted by atomic mass is 9.85. The lowest BCUT2D eigenvalue weighted by Crippen LogP contribution is -2.33. The molecule has 2 rings (SSSR count). The van der Waals surface area contributed by atoms with Crippen LogP contribution in [-0.4, -0.2) is 39.1 Å². The summed E-state index contributed by atoms with van der Waals surface area (Å²) in [6.07, 6.45) is 1.13. The number of anilines is 1. The first kappa shape index (κ1) is 16.5. The summed E-state index contributed by atoms with van der Waals surface area (Å²) >= 11 is 0. The summed E-state index contributed by atoms with van der Waals surface area (Å²) in [5, 5.41) is 2.88. The highest BCUT2D eigenvalue weighted by Gasteiger charge is 2.42. The summed E-state index contributed by atoms with van der Waals surface area (Å²) in [4.78, 5) is 25.9. The van der Waals surface area contributed by atoms with Crippen molar-refractivity contribution < 1.29 is 14.3 Å². The van der Waals surface area contributed by atoms with E-state index in [1.165, 1.54) is 0 Å². The normalized spacial score (nSPS) is 15.8. The van der Waals surface area contributed by atoms with Crippen molar-refractivity contribution in [2.24, 2.45) is 0 Å². The molecule has 0 saturated carbocycles. The Labute approximate surface area is 131 Å². The Morgan fingerprint density at radius 1 is 1.36 bits per heavy atom. The van der Waals surface area contributed by atoms with Crippen molar-refractivity contribution in [1.82, 2.24) is 5.32 Å². The van der Waals surface area contributed by atoms with Gasteiger partial charge in [-0.3, -0.25) is 9.59 Å². The van der Waals surface area contributed by atoms with E-state index in [1.54, 1.807) is 19.1 Å². The minimum Gasteiger partial charge on any atom is -0.385 e. The predicted molar refractivity (Wildman–Crippen MR) is 86.1 cm³/mol. The van der Waals surface area contributed by atoms with Crippen molar-refractivity contribution in [2.45, 2.75) is 32.1 Å². The molecule has 0 saturated heterocycles. The summed E-state index contributed by atoms with van der Waals surface area (Å²) in [6.45, 7) is 5.10. The number of nitrogens with one attached hydrogen (secondary N) is 1. The van der Waals surface area contributed by atoms with Crippen LogP contribution in [-0.2, 0) is 26.2 Å². The zero-order valence-corrected chi connectivity index (χ0v) is 13.7. The Hall–Kier alpha value is -1.88. The Kier molecular flexibility index (Phi) is 4.86. The second-order valence-corrected chi connectivity index (χ2v) is 6.21. The zero-order valence-electron chi connectivity index (χ0n) is 13.7. The Bertz CT molecular complexity index is 581. The van der Waals surface area contributed by atoms with Crippen molar-refractivity contribution >= 4 is 17.5 Å². The second-order valence-electron chi connectivity index (χ2n) is 6.21. The van der Waals surface area contributed by atoms with Gasteiger partial charge in [-0.05, 0) is 37.5 Å². The highest BCUT2D eigenvalue weighted by Crippen LogP contribution is 2.41. The van der Waals surface area contributed by atoms with Crippen molar-refractivity contribution in [3.8, 4) is 0 Å². The SMILES string of the molecule is COCCCNC(=O)Cc1ccc2c(c1)C(C)(C)C(=O)N2C. The molecule has 0 aliphatic carbocycles. The number of amides is 2. The van der Waals surface area contributed by atoms with E-state index in [1.807, 2.05) is 32.0 Å². The van der Waals surface area contributed by atoms with E-state index in [2.05, 4.69) is 5.32 Å². The number of fused-ring (bicyclic) bond motifs is 1. The van der Waals surface area contributed by atoms with Gasteiger partial charge < -0.3 is 15.0 Å². The predicted octanol–water partition coefficient (Wildman–Crippen LogP) is 1.64. The average molecular weight is 304 g/mol. The summed E-state index contributed by atoms with van der Waals surface area (Å²) in [5.41, 5.74) is 2.32. The third-order valence-corrected chi connectivity index (χ3v) is 4.15. The van der Waals surface area contributed by atoms with E-state index in [0.29, 0.717) is 19.6 Å². The van der Waals surface area contributed by atoms with Gasteiger partial charge in [-0.2, -0.15) is 0 Å². The van der Waals surface area contributed by atoms with Crippen LogP contribution in [0.4, 0.5) is 5.69 Å². The van der Waals surface area contributed by atoms with E-state index in [4.69, 9.17) is 4.74 Å². The molecular formula is C17H24N2O3. The van der Waals surface area contributed by atoms with E-state index in [9.17, 15) is 9.59 Å². The van der Waals surface area contributed by atoms with Gasteiger partial charge in [0.25, 0.3) is 0 Å². The third kappa shape index (κ3) is 3.14. The molecule has 1 heterocycles. The molecule has 0 bridgehead atoms. The Balaban J connectivity index is 2.05. The monoisotopic (exact) mass is 304 g/mol. The minimum atomic E-state index is -0.533. The number of carbonyl (C=O) groups excluding carboxylic acids is 2. The largest absolute Gasteiger partial charge is 0.385 e. The maximum atomic E-state index is 12.3. The summed E-state index contributed by atoms with van der Waals surface area (Å²) in [6, 6.07) is 5.82. The number of hydrogen-bond donors (Lipinski definition) is 1. The van der Waals surface area contributed by atoms with Crippen LogP contribution in [0.2, 0.25) is 0 Å². The molecule has 5 nitrogen and oxygen atoms in total. The molecule has 1 aromatic carbocycles. The van der Waals surface area contributed by atoms with Crippen LogP contribution in [0, 0.1) is 0 Å². The fourth-order valence-corrected chi connectivity index (χ4v) is 2.82. The van der Waals surface area contributed by atoms with Crippen LogP contribution < -0.4 is 10.2 Å². The van der Waals surface area contributed by atoms with Crippen molar-refractivity contribution in [1.29, 1.82) is 0 Å². The molecule has 1 aliphatic heterocycles. The fourth-order valence-electron chi connectivity index (χ4n) is 2.82. The number of benzene rings is 1. The number of rotatable bonds is 6. The topological polar surface area (TPSA) is 58.6 Å². The summed E-state index contributed by atoms with van der Waals surface area (Å²) < 4.78 is 4.95. The molecule has 22 heavy (non-hydrogen) atoms. The number of nitrogens with zero attached hydrogens (tertiary/aromatic N) is 1. The molecule has 1 N–H and O–H groups in total. The number of ether oxygens (including phenoxy) is 1. The molecule has 0 radical (unpaired) electrons. The lowest BCUT2D eigenvalue weighted by molar-refractivity contribution is -0.122. The van der Waals surface area contributed by atoms with Crippen molar-refractivity contribution in [3.05, 3.63) is 29.3 Å². The standard InChI is InChI=1S/C17H24N2O3/c1-17(2)13-10-12(6-7-14(13)19(3)16(17)21)11-15(20)18-8-5-9-22-4/h6-7,10H,5,8-9,11H2,1-4H3,(H,18,20). The quantitative estimate of drug-likeness (QED) is 0.813. The van der Waals surface area contributed by atoms with Crippen LogP contribution in [0.25, 0.3) is 0 Å². The van der Waals surface area contributed by atoms with E-state index < -0.39 is 5.41 Å². The van der Waals surface area contributed by atoms with Gasteiger partial charge in [-0.25, -0.2) is 0 Å². The van der Waals surface area contributed by atoms with Gasteiger partial charge in [0.2, 0.25) is 11.8 Å². The molecule has 120 valence electrons. The number of hydrogen-bond acceptors (Lipinski definition) is 3. The summed E-state index contributed by atoms with van der Waals surface area (Å²) in [5.74, 6) is 0.0789. The second kappa shape index (κ2) is 6.48. The molecule has 0 spiro atoms. The first-order valence-electron chi connectivity index (χ1n) is 7.55. The highest BCUT2D eigenvalue weighted by atomic mass is 16.5. The minimum absolute atomic E-state index is 0.00784. The van der Waals surface area contributed by atoms with Crippen LogP contribution in [0.1, 0.15) is 31.4 Å². The Morgan fingerprint density at radius 3 is 2.77 bits per heavy atom. The van der Waals surface area contributed by atoms with Crippen LogP contribution in [0.3, 0.4) is 0 Å². The number of carbonyl (C=O) groups is 2. The fraction of sp³-hybridized carbons (Fsp3) is 0.529. The molecule has 1 aromatic rings. The van der Waals surface area contributed by atoms with Crippen LogP contribution in [0.5, 0.6) is 0 Å². The number of likely N-dealkylation sites (N-methyl/N-ethyl adjacent to an activating group) is 1. The first-order chi connectivity index (χ1) is 10.4. The molecule has 1 aliphatic rings. The van der Waals surface area contributed by atoms with Gasteiger partial charge in [-0.15, -0.1) is 0 Å². The van der Waals surface area contributed by atoms with Crippen molar-refractivity contribution in [3.63, 3.8) is 0 Å². The first-order valence-corrected chi connectivity index (χ1v) is 7.55. The van der Waals surface area contributed by atoms with Gasteiger partial charge in [0, 0.05) is 33.0 Å². The lowest BCUT2D eigenvalue weighted by Gasteiger charge is -2.16. The molecule has 0 fully saturated rings. The van der Waals surface area contributed by atoms with Gasteiger partial charge in [0.1, 0.15) is 0 Å². The smallest absolute Gasteiger partial charge is 0.236 e. The number of methoxy groups -OCH3 is 1.